The molecule has 1 aliphatic rings. The van der Waals surface area contributed by atoms with Gasteiger partial charge in [-0.25, -0.2) is 0 Å². The Morgan fingerprint density at radius 3 is 2.45 bits per heavy atom. The number of amides is 2. The van der Waals surface area contributed by atoms with Gasteiger partial charge in [0.05, 0.1) is 0 Å². The molecule has 5 nitrogen and oxygen atoms in total. The summed E-state index contributed by atoms with van der Waals surface area (Å²) in [6.07, 6.45) is 4.75. The smallest absolute Gasteiger partial charge is 0.222 e. The third-order valence-electron chi connectivity index (χ3n) is 4.25. The fourth-order valence-electron chi connectivity index (χ4n) is 3.12. The van der Waals surface area contributed by atoms with Crippen LogP contribution in [0, 0.1) is 5.92 Å². The zero-order chi connectivity index (χ0) is 16.4. The fourth-order valence-corrected chi connectivity index (χ4v) is 3.12. The van der Waals surface area contributed by atoms with E-state index in [0.29, 0.717) is 25.2 Å². The third kappa shape index (κ3) is 6.34. The van der Waals surface area contributed by atoms with Crippen molar-refractivity contribution in [1.82, 2.24) is 15.1 Å². The zero-order valence-electron chi connectivity index (χ0n) is 14.6. The van der Waals surface area contributed by atoms with Gasteiger partial charge in [0.2, 0.25) is 11.8 Å². The lowest BCUT2D eigenvalue weighted by Gasteiger charge is -2.21. The van der Waals surface area contributed by atoms with Crippen molar-refractivity contribution in [1.29, 1.82) is 0 Å². The molecule has 0 radical (unpaired) electrons. The molecule has 1 saturated heterocycles. The van der Waals surface area contributed by atoms with Gasteiger partial charge in [0, 0.05) is 39.0 Å². The summed E-state index contributed by atoms with van der Waals surface area (Å²) in [5, 5.41) is 3.18. The topological polar surface area (TPSA) is 52.7 Å². The molecular formula is C17H33N3O2. The van der Waals surface area contributed by atoms with E-state index in [1.54, 1.807) is 0 Å². The number of nitrogens with zero attached hydrogens (tertiary/aromatic N) is 2. The molecular weight excluding hydrogens is 278 g/mol. The van der Waals surface area contributed by atoms with Gasteiger partial charge in [0.1, 0.15) is 0 Å². The van der Waals surface area contributed by atoms with Crippen molar-refractivity contribution in [2.45, 2.75) is 52.4 Å². The first-order valence-corrected chi connectivity index (χ1v) is 8.82. The largest absolute Gasteiger partial charge is 0.343 e. The predicted octanol–water partition coefficient (Wildman–Crippen LogP) is 1.87. The minimum absolute atomic E-state index is 0.200. The fraction of sp³-hybridized carbons (Fsp3) is 0.882. The summed E-state index contributed by atoms with van der Waals surface area (Å²) in [5.74, 6) is 0.995. The summed E-state index contributed by atoms with van der Waals surface area (Å²) >= 11 is 0. The highest BCUT2D eigenvalue weighted by Crippen LogP contribution is 2.17. The van der Waals surface area contributed by atoms with Crippen LogP contribution in [-0.2, 0) is 9.59 Å². The lowest BCUT2D eigenvalue weighted by atomic mass is 10.1. The maximum atomic E-state index is 12.2. The van der Waals surface area contributed by atoms with Crippen LogP contribution in [0.3, 0.4) is 0 Å². The van der Waals surface area contributed by atoms with Crippen LogP contribution in [0.15, 0.2) is 0 Å². The SMILES string of the molecule is CCCN(CCC)C(=O)CCCC(=O)N1CCC(CNC)C1. The zero-order valence-corrected chi connectivity index (χ0v) is 14.6. The van der Waals surface area contributed by atoms with Crippen LogP contribution in [0.5, 0.6) is 0 Å². The molecule has 1 atom stereocenters. The Morgan fingerprint density at radius 2 is 1.86 bits per heavy atom. The van der Waals surface area contributed by atoms with E-state index in [9.17, 15) is 9.59 Å². The van der Waals surface area contributed by atoms with E-state index in [1.807, 2.05) is 16.8 Å². The number of hydrogen-bond donors (Lipinski definition) is 1. The molecule has 1 rings (SSSR count). The average molecular weight is 311 g/mol. The normalized spacial score (nSPS) is 17.8. The monoisotopic (exact) mass is 311 g/mol. The van der Waals surface area contributed by atoms with Gasteiger partial charge in [-0.1, -0.05) is 13.8 Å². The van der Waals surface area contributed by atoms with Crippen molar-refractivity contribution in [3.8, 4) is 0 Å². The second-order valence-corrected chi connectivity index (χ2v) is 6.29. The molecule has 2 amide bonds. The highest BCUT2D eigenvalue weighted by molar-refractivity contribution is 5.79. The second-order valence-electron chi connectivity index (χ2n) is 6.29. The van der Waals surface area contributed by atoms with Crippen molar-refractivity contribution in [3.63, 3.8) is 0 Å². The maximum absolute atomic E-state index is 12.2. The molecule has 1 unspecified atom stereocenters. The summed E-state index contributed by atoms with van der Waals surface area (Å²) in [4.78, 5) is 28.2. The van der Waals surface area contributed by atoms with Crippen LogP contribution in [-0.4, -0.2) is 61.4 Å². The van der Waals surface area contributed by atoms with Gasteiger partial charge in [0.25, 0.3) is 0 Å². The minimum atomic E-state index is 0.200. The number of hydrogen-bond acceptors (Lipinski definition) is 3. The first-order chi connectivity index (χ1) is 10.6. The summed E-state index contributed by atoms with van der Waals surface area (Å²) in [7, 11) is 1.95. The number of carbonyl (C=O) groups excluding carboxylic acids is 2. The molecule has 1 aliphatic heterocycles. The van der Waals surface area contributed by atoms with Crippen LogP contribution >= 0.6 is 0 Å². The molecule has 1 N–H and O–H groups in total. The van der Waals surface area contributed by atoms with Gasteiger partial charge in [-0.3, -0.25) is 9.59 Å². The van der Waals surface area contributed by atoms with Crippen LogP contribution in [0.2, 0.25) is 0 Å². The Kier molecular flexibility index (Phi) is 9.13. The van der Waals surface area contributed by atoms with Crippen molar-refractivity contribution < 1.29 is 9.59 Å². The summed E-state index contributed by atoms with van der Waals surface area (Å²) in [5.41, 5.74) is 0. The van der Waals surface area contributed by atoms with E-state index in [0.717, 1.165) is 52.0 Å². The number of carbonyl (C=O) groups is 2. The van der Waals surface area contributed by atoms with Gasteiger partial charge < -0.3 is 15.1 Å². The van der Waals surface area contributed by atoms with Crippen molar-refractivity contribution in [2.75, 3.05) is 39.8 Å². The number of likely N-dealkylation sites (tertiary alicyclic amines) is 1. The highest BCUT2D eigenvalue weighted by Gasteiger charge is 2.25. The van der Waals surface area contributed by atoms with Gasteiger partial charge in [-0.05, 0) is 45.2 Å². The molecule has 22 heavy (non-hydrogen) atoms. The molecule has 0 aromatic carbocycles. The molecule has 128 valence electrons. The van der Waals surface area contributed by atoms with E-state index in [4.69, 9.17) is 0 Å². The first-order valence-electron chi connectivity index (χ1n) is 8.82. The molecule has 1 heterocycles. The van der Waals surface area contributed by atoms with Gasteiger partial charge >= 0.3 is 0 Å². The summed E-state index contributed by atoms with van der Waals surface area (Å²) in [6, 6.07) is 0. The van der Waals surface area contributed by atoms with Crippen LogP contribution in [0.1, 0.15) is 52.4 Å². The van der Waals surface area contributed by atoms with Gasteiger partial charge in [-0.15, -0.1) is 0 Å². The van der Waals surface area contributed by atoms with Crippen LogP contribution in [0.25, 0.3) is 0 Å². The molecule has 0 saturated carbocycles. The number of rotatable bonds is 10. The quantitative estimate of drug-likeness (QED) is 0.670. The van der Waals surface area contributed by atoms with Crippen molar-refractivity contribution in [2.24, 2.45) is 5.92 Å². The van der Waals surface area contributed by atoms with Gasteiger partial charge in [0.15, 0.2) is 0 Å². The Hall–Kier alpha value is -1.10. The molecule has 0 aliphatic carbocycles. The summed E-state index contributed by atoms with van der Waals surface area (Å²) < 4.78 is 0. The van der Waals surface area contributed by atoms with E-state index in [1.165, 1.54) is 0 Å². The Bertz CT molecular complexity index is 341. The van der Waals surface area contributed by atoms with E-state index in [-0.39, 0.29) is 11.8 Å². The lowest BCUT2D eigenvalue weighted by Crippen LogP contribution is -2.33. The van der Waals surface area contributed by atoms with Crippen LogP contribution < -0.4 is 5.32 Å². The molecule has 0 aromatic heterocycles. The average Bonchev–Trinajstić information content (AvgIpc) is 2.96. The molecule has 5 heteroatoms. The Morgan fingerprint density at radius 1 is 1.18 bits per heavy atom. The molecule has 1 fully saturated rings. The molecule has 0 aromatic rings. The number of nitrogens with one attached hydrogen (secondary N) is 1. The molecule has 0 bridgehead atoms. The van der Waals surface area contributed by atoms with Crippen LogP contribution in [0.4, 0.5) is 0 Å². The molecule has 0 spiro atoms. The van der Waals surface area contributed by atoms with E-state index < -0.39 is 0 Å². The second kappa shape index (κ2) is 10.6. The first kappa shape index (κ1) is 18.9. The van der Waals surface area contributed by atoms with E-state index in [2.05, 4.69) is 19.2 Å². The summed E-state index contributed by atoms with van der Waals surface area (Å²) in [6.45, 7) is 8.56. The lowest BCUT2D eigenvalue weighted by molar-refractivity contribution is -0.132. The third-order valence-corrected chi connectivity index (χ3v) is 4.25. The maximum Gasteiger partial charge on any atom is 0.222 e. The van der Waals surface area contributed by atoms with Crippen molar-refractivity contribution in [3.05, 3.63) is 0 Å². The van der Waals surface area contributed by atoms with Crippen molar-refractivity contribution >= 4 is 11.8 Å². The Labute approximate surface area is 135 Å². The Balaban J connectivity index is 2.25. The van der Waals surface area contributed by atoms with E-state index >= 15 is 0 Å². The standard InChI is InChI=1S/C17H33N3O2/c1-4-10-19(11-5-2)16(21)7-6-8-17(22)20-12-9-15(14-20)13-18-3/h15,18H,4-14H2,1-3H3. The predicted molar refractivity (Wildman–Crippen MR) is 89.6 cm³/mol. The van der Waals surface area contributed by atoms with Gasteiger partial charge in [-0.2, -0.15) is 0 Å². The minimum Gasteiger partial charge on any atom is -0.343 e. The highest BCUT2D eigenvalue weighted by atomic mass is 16.2.